The summed E-state index contributed by atoms with van der Waals surface area (Å²) >= 11 is 0. The van der Waals surface area contributed by atoms with E-state index in [0.29, 0.717) is 5.56 Å². The Balaban J connectivity index is 2.36. The highest BCUT2D eigenvalue weighted by molar-refractivity contribution is 5.67. The van der Waals surface area contributed by atoms with Gasteiger partial charge in [-0.3, -0.25) is 5.32 Å². The third kappa shape index (κ3) is 4.73. The maximum Gasteiger partial charge on any atom is 0.422 e. The number of hydrogen-bond donors (Lipinski definition) is 2. The molecule has 0 aliphatic carbocycles. The molecular formula is C10H11F3N2O2. The zero-order chi connectivity index (χ0) is 12.9. The summed E-state index contributed by atoms with van der Waals surface area (Å²) in [6.07, 6.45) is -8.32. The van der Waals surface area contributed by atoms with E-state index in [9.17, 15) is 18.0 Å². The van der Waals surface area contributed by atoms with Gasteiger partial charge in [0.05, 0.1) is 0 Å². The zero-order valence-corrected chi connectivity index (χ0v) is 8.70. The van der Waals surface area contributed by atoms with E-state index in [4.69, 9.17) is 0 Å². The molecule has 0 aliphatic heterocycles. The van der Waals surface area contributed by atoms with Crippen LogP contribution in [0.1, 0.15) is 5.56 Å². The number of alkyl carbamates (subject to hydrolysis) is 1. The molecule has 0 fully saturated rings. The Morgan fingerprint density at radius 3 is 2.47 bits per heavy atom. The number of halogens is 3. The van der Waals surface area contributed by atoms with Gasteiger partial charge in [-0.15, -0.1) is 0 Å². The number of benzene rings is 1. The Morgan fingerprint density at radius 1 is 1.35 bits per heavy atom. The van der Waals surface area contributed by atoms with Crippen LogP contribution in [0.5, 0.6) is 0 Å². The monoisotopic (exact) mass is 248 g/mol. The van der Waals surface area contributed by atoms with Crippen molar-refractivity contribution in [1.82, 2.24) is 5.32 Å². The second-order valence-corrected chi connectivity index (χ2v) is 3.23. The van der Waals surface area contributed by atoms with Gasteiger partial charge in [-0.2, -0.15) is 13.2 Å². The Morgan fingerprint density at radius 2 is 1.94 bits per heavy atom. The Bertz CT molecular complexity index is 368. The van der Waals surface area contributed by atoms with Gasteiger partial charge in [-0.05, 0) is 5.56 Å². The minimum atomic E-state index is -4.69. The zero-order valence-electron chi connectivity index (χ0n) is 8.70. The maximum atomic E-state index is 12.0. The minimum Gasteiger partial charge on any atom is -0.445 e. The molecule has 1 aromatic rings. The number of nitrogens with one attached hydrogen (secondary N) is 1. The fraction of sp³-hybridized carbons (Fsp3) is 0.300. The first-order valence-electron chi connectivity index (χ1n) is 4.69. The summed E-state index contributed by atoms with van der Waals surface area (Å²) in [5, 5.41) is 1.48. The number of nitrogens with two attached hydrogens (primary N) is 1. The van der Waals surface area contributed by atoms with E-state index in [1.807, 2.05) is 0 Å². The van der Waals surface area contributed by atoms with Gasteiger partial charge in [0, 0.05) is 0 Å². The number of carbonyl (C=O) groups is 1. The first-order chi connectivity index (χ1) is 7.89. The fourth-order valence-electron chi connectivity index (χ4n) is 0.974. The molecule has 0 saturated carbocycles. The molecule has 1 amide bonds. The van der Waals surface area contributed by atoms with Crippen LogP contribution in [0.25, 0.3) is 0 Å². The molecule has 0 unspecified atom stereocenters. The van der Waals surface area contributed by atoms with Gasteiger partial charge in [-0.1, -0.05) is 30.3 Å². The van der Waals surface area contributed by atoms with Gasteiger partial charge in [0.15, 0.2) is 6.17 Å². The topological polar surface area (TPSA) is 64.3 Å². The maximum absolute atomic E-state index is 12.0. The molecule has 0 saturated heterocycles. The lowest BCUT2D eigenvalue weighted by Crippen LogP contribution is -2.51. The van der Waals surface area contributed by atoms with Gasteiger partial charge < -0.3 is 10.5 Å². The van der Waals surface area contributed by atoms with Crippen LogP contribution in [-0.2, 0) is 11.3 Å². The molecule has 0 aliphatic rings. The highest BCUT2D eigenvalue weighted by atomic mass is 19.4. The van der Waals surface area contributed by atoms with Crippen molar-refractivity contribution in [2.24, 2.45) is 5.73 Å². The number of alkyl halides is 3. The molecule has 4 nitrogen and oxygen atoms in total. The summed E-state index contributed by atoms with van der Waals surface area (Å²) in [6, 6.07) is 8.56. The molecule has 0 aromatic heterocycles. The predicted octanol–water partition coefficient (Wildman–Crippen LogP) is 1.76. The Hall–Kier alpha value is -1.76. The molecule has 0 radical (unpaired) electrons. The van der Waals surface area contributed by atoms with Crippen molar-refractivity contribution in [2.45, 2.75) is 18.9 Å². The highest BCUT2D eigenvalue weighted by Gasteiger charge is 2.38. The average molecular weight is 248 g/mol. The molecular weight excluding hydrogens is 237 g/mol. The van der Waals surface area contributed by atoms with E-state index >= 15 is 0 Å². The van der Waals surface area contributed by atoms with Crippen LogP contribution in [0.15, 0.2) is 30.3 Å². The molecule has 0 bridgehead atoms. The van der Waals surface area contributed by atoms with Crippen LogP contribution in [0.2, 0.25) is 0 Å². The van der Waals surface area contributed by atoms with Crippen molar-refractivity contribution in [2.75, 3.05) is 0 Å². The number of rotatable bonds is 3. The van der Waals surface area contributed by atoms with Gasteiger partial charge in [0.2, 0.25) is 0 Å². The first-order valence-corrected chi connectivity index (χ1v) is 4.69. The largest absolute Gasteiger partial charge is 0.445 e. The molecule has 7 heteroatoms. The summed E-state index contributed by atoms with van der Waals surface area (Å²) < 4.78 is 40.5. The van der Waals surface area contributed by atoms with Gasteiger partial charge in [0.1, 0.15) is 6.61 Å². The molecule has 3 N–H and O–H groups in total. The molecule has 0 spiro atoms. The minimum absolute atomic E-state index is 0.114. The van der Waals surface area contributed by atoms with Crippen molar-refractivity contribution in [3.63, 3.8) is 0 Å². The summed E-state index contributed by atoms with van der Waals surface area (Å²) in [5.41, 5.74) is 5.35. The van der Waals surface area contributed by atoms with Crippen molar-refractivity contribution in [3.8, 4) is 0 Å². The lowest BCUT2D eigenvalue weighted by atomic mass is 10.2. The van der Waals surface area contributed by atoms with E-state index in [0.717, 1.165) is 0 Å². The van der Waals surface area contributed by atoms with E-state index in [1.165, 1.54) is 5.32 Å². The van der Waals surface area contributed by atoms with Crippen molar-refractivity contribution in [1.29, 1.82) is 0 Å². The summed E-state index contributed by atoms with van der Waals surface area (Å²) in [4.78, 5) is 11.0. The summed E-state index contributed by atoms with van der Waals surface area (Å²) in [6.45, 7) is -0.114. The summed E-state index contributed by atoms with van der Waals surface area (Å²) in [5.74, 6) is 0. The number of hydrogen-bond acceptors (Lipinski definition) is 3. The second kappa shape index (κ2) is 5.53. The lowest BCUT2D eigenvalue weighted by Gasteiger charge is -2.16. The third-order valence-electron chi connectivity index (χ3n) is 1.84. The van der Waals surface area contributed by atoms with Gasteiger partial charge in [-0.25, -0.2) is 4.79 Å². The SMILES string of the molecule is N[C@@H](NC(=O)OCc1ccccc1)C(F)(F)F. The number of ether oxygens (including phenoxy) is 1. The molecule has 94 valence electrons. The summed E-state index contributed by atoms with van der Waals surface area (Å²) in [7, 11) is 0. The van der Waals surface area contributed by atoms with E-state index < -0.39 is 18.4 Å². The van der Waals surface area contributed by atoms with Crippen LogP contribution in [0.3, 0.4) is 0 Å². The lowest BCUT2D eigenvalue weighted by molar-refractivity contribution is -0.152. The van der Waals surface area contributed by atoms with Crippen molar-refractivity contribution < 1.29 is 22.7 Å². The van der Waals surface area contributed by atoms with Gasteiger partial charge in [0.25, 0.3) is 0 Å². The predicted molar refractivity (Wildman–Crippen MR) is 53.8 cm³/mol. The second-order valence-electron chi connectivity index (χ2n) is 3.23. The molecule has 1 rings (SSSR count). The average Bonchev–Trinajstić information content (AvgIpc) is 2.26. The van der Waals surface area contributed by atoms with E-state index in [1.54, 1.807) is 30.3 Å². The molecule has 17 heavy (non-hydrogen) atoms. The standard InChI is InChI=1S/C10H11F3N2O2/c11-10(12,13)8(14)15-9(16)17-6-7-4-2-1-3-5-7/h1-5,8H,6,14H2,(H,15,16)/t8-/m0/s1. The van der Waals surface area contributed by atoms with Crippen LogP contribution < -0.4 is 11.1 Å². The van der Waals surface area contributed by atoms with Crippen LogP contribution in [0, 0.1) is 0 Å². The fourth-order valence-corrected chi connectivity index (χ4v) is 0.974. The molecule has 1 atom stereocenters. The molecule has 1 aromatic carbocycles. The van der Waals surface area contributed by atoms with E-state index in [2.05, 4.69) is 10.5 Å². The molecule has 0 heterocycles. The Labute approximate surface area is 95.6 Å². The number of carbonyl (C=O) groups excluding carboxylic acids is 1. The van der Waals surface area contributed by atoms with E-state index in [-0.39, 0.29) is 6.61 Å². The van der Waals surface area contributed by atoms with Crippen LogP contribution in [0.4, 0.5) is 18.0 Å². The third-order valence-corrected chi connectivity index (χ3v) is 1.84. The highest BCUT2D eigenvalue weighted by Crippen LogP contribution is 2.16. The Kier molecular flexibility index (Phi) is 4.33. The smallest absolute Gasteiger partial charge is 0.422 e. The number of amides is 1. The first kappa shape index (κ1) is 13.3. The van der Waals surface area contributed by atoms with Gasteiger partial charge >= 0.3 is 12.3 Å². The normalized spacial score (nSPS) is 12.9. The van der Waals surface area contributed by atoms with Crippen LogP contribution >= 0.6 is 0 Å². The van der Waals surface area contributed by atoms with Crippen LogP contribution in [-0.4, -0.2) is 18.4 Å². The van der Waals surface area contributed by atoms with Crippen molar-refractivity contribution in [3.05, 3.63) is 35.9 Å². The quantitative estimate of drug-likeness (QED) is 0.801. The van der Waals surface area contributed by atoms with Crippen molar-refractivity contribution >= 4 is 6.09 Å².